The number of nitrogens with zero attached hydrogens (tertiary/aromatic N) is 2. The summed E-state index contributed by atoms with van der Waals surface area (Å²) in [5.41, 5.74) is 3.21. The van der Waals surface area contributed by atoms with Crippen LogP contribution >= 0.6 is 0 Å². The number of aromatic nitrogens is 2. The van der Waals surface area contributed by atoms with Crippen LogP contribution in [0.5, 0.6) is 11.5 Å². The fourth-order valence-electron chi connectivity index (χ4n) is 2.90. The van der Waals surface area contributed by atoms with E-state index in [0.717, 1.165) is 34.9 Å². The Balaban J connectivity index is 1.78. The van der Waals surface area contributed by atoms with Gasteiger partial charge in [-0.2, -0.15) is 5.10 Å². The van der Waals surface area contributed by atoms with Crippen LogP contribution in [-0.2, 0) is 7.05 Å². The Labute approximate surface area is 141 Å². The summed E-state index contributed by atoms with van der Waals surface area (Å²) in [7, 11) is 1.84. The van der Waals surface area contributed by atoms with E-state index in [-0.39, 0.29) is 11.9 Å². The molecule has 1 aliphatic rings. The highest BCUT2D eigenvalue weighted by atomic mass is 16.5. The summed E-state index contributed by atoms with van der Waals surface area (Å²) >= 11 is 0. The van der Waals surface area contributed by atoms with Gasteiger partial charge in [0.1, 0.15) is 0 Å². The molecule has 2 aromatic rings. The number of aryl methyl sites for hydroxylation is 2. The first-order valence-electron chi connectivity index (χ1n) is 8.18. The van der Waals surface area contributed by atoms with Gasteiger partial charge in [-0.25, -0.2) is 0 Å². The Kier molecular flexibility index (Phi) is 4.46. The number of fused-ring (bicyclic) bond motifs is 1. The Morgan fingerprint density at radius 2 is 1.96 bits per heavy atom. The molecule has 1 aromatic heterocycles. The molecule has 3 rings (SSSR count). The molecule has 0 fully saturated rings. The van der Waals surface area contributed by atoms with Crippen LogP contribution in [-0.4, -0.2) is 28.9 Å². The highest BCUT2D eigenvalue weighted by Gasteiger charge is 2.20. The third kappa shape index (κ3) is 3.09. The molecule has 6 nitrogen and oxygen atoms in total. The van der Waals surface area contributed by atoms with Gasteiger partial charge in [0, 0.05) is 19.2 Å². The number of benzene rings is 1. The Morgan fingerprint density at radius 3 is 2.62 bits per heavy atom. The molecule has 1 N–H and O–H groups in total. The molecule has 0 saturated heterocycles. The van der Waals surface area contributed by atoms with Gasteiger partial charge in [0.15, 0.2) is 11.5 Å². The summed E-state index contributed by atoms with van der Waals surface area (Å²) < 4.78 is 13.1. The zero-order chi connectivity index (χ0) is 17.3. The van der Waals surface area contributed by atoms with Crippen LogP contribution in [0.15, 0.2) is 18.2 Å². The van der Waals surface area contributed by atoms with Crippen LogP contribution in [0.25, 0.3) is 0 Å². The van der Waals surface area contributed by atoms with Crippen LogP contribution in [0.4, 0.5) is 0 Å². The van der Waals surface area contributed by atoms with Crippen LogP contribution in [0.3, 0.4) is 0 Å². The number of hydrogen-bond donors (Lipinski definition) is 1. The van der Waals surface area contributed by atoms with Crippen molar-refractivity contribution in [2.75, 3.05) is 13.2 Å². The molecule has 0 spiro atoms. The van der Waals surface area contributed by atoms with Crippen molar-refractivity contribution in [2.45, 2.75) is 33.2 Å². The van der Waals surface area contributed by atoms with Crippen molar-refractivity contribution in [3.05, 3.63) is 40.7 Å². The van der Waals surface area contributed by atoms with Gasteiger partial charge in [0.05, 0.1) is 30.5 Å². The quantitative estimate of drug-likeness (QED) is 0.940. The van der Waals surface area contributed by atoms with Crippen molar-refractivity contribution in [1.82, 2.24) is 15.1 Å². The number of rotatable bonds is 3. The Bertz CT molecular complexity index is 767. The van der Waals surface area contributed by atoms with Gasteiger partial charge < -0.3 is 14.8 Å². The maximum atomic E-state index is 12.6. The predicted octanol–water partition coefficient (Wildman–Crippen LogP) is 2.69. The third-order valence-corrected chi connectivity index (χ3v) is 4.36. The molecule has 0 saturated carbocycles. The molecule has 0 aliphatic carbocycles. The van der Waals surface area contributed by atoms with E-state index in [0.29, 0.717) is 18.8 Å². The van der Waals surface area contributed by atoms with E-state index < -0.39 is 0 Å². The number of amides is 1. The predicted molar refractivity (Wildman–Crippen MR) is 90.6 cm³/mol. The summed E-state index contributed by atoms with van der Waals surface area (Å²) in [5.74, 6) is 1.38. The Hall–Kier alpha value is -2.50. The van der Waals surface area contributed by atoms with Crippen molar-refractivity contribution >= 4 is 5.91 Å². The SMILES string of the molecule is Cc1nn(C)c(C)c1C(=O)N[C@@H](C)c1ccc2c(c1)OCCCO2. The molecule has 24 heavy (non-hydrogen) atoms. The lowest BCUT2D eigenvalue weighted by Crippen LogP contribution is -2.27. The minimum atomic E-state index is -0.145. The van der Waals surface area contributed by atoms with Crippen LogP contribution in [0, 0.1) is 13.8 Å². The number of hydrogen-bond acceptors (Lipinski definition) is 4. The minimum Gasteiger partial charge on any atom is -0.490 e. The normalized spacial score (nSPS) is 14.8. The largest absolute Gasteiger partial charge is 0.490 e. The second kappa shape index (κ2) is 6.55. The lowest BCUT2D eigenvalue weighted by Gasteiger charge is -2.16. The van der Waals surface area contributed by atoms with E-state index in [1.54, 1.807) is 4.68 Å². The standard InChI is InChI=1S/C18H23N3O3/c1-11(19-18(22)17-12(2)20-21(4)13(17)3)14-6-7-15-16(10-14)24-9-5-8-23-15/h6-7,10-11H,5,8-9H2,1-4H3,(H,19,22)/t11-/m0/s1. The van der Waals surface area contributed by atoms with E-state index in [9.17, 15) is 4.79 Å². The zero-order valence-corrected chi connectivity index (χ0v) is 14.5. The molecule has 0 unspecified atom stereocenters. The summed E-state index contributed by atoms with van der Waals surface area (Å²) in [6, 6.07) is 5.66. The van der Waals surface area contributed by atoms with Gasteiger partial charge in [-0.05, 0) is 38.5 Å². The summed E-state index contributed by atoms with van der Waals surface area (Å²) in [5, 5.41) is 7.34. The topological polar surface area (TPSA) is 65.4 Å². The second-order valence-electron chi connectivity index (χ2n) is 6.12. The number of ether oxygens (including phenoxy) is 2. The first kappa shape index (κ1) is 16.4. The van der Waals surface area contributed by atoms with Gasteiger partial charge in [0.25, 0.3) is 5.91 Å². The van der Waals surface area contributed by atoms with Crippen LogP contribution in [0.2, 0.25) is 0 Å². The van der Waals surface area contributed by atoms with E-state index in [4.69, 9.17) is 9.47 Å². The average Bonchev–Trinajstić information content (AvgIpc) is 2.72. The van der Waals surface area contributed by atoms with Crippen molar-refractivity contribution in [3.63, 3.8) is 0 Å². The highest BCUT2D eigenvalue weighted by molar-refractivity contribution is 5.96. The maximum Gasteiger partial charge on any atom is 0.255 e. The fourth-order valence-corrected chi connectivity index (χ4v) is 2.90. The van der Waals surface area contributed by atoms with Crippen molar-refractivity contribution < 1.29 is 14.3 Å². The van der Waals surface area contributed by atoms with Crippen LogP contribution < -0.4 is 14.8 Å². The van der Waals surface area contributed by atoms with E-state index in [1.165, 1.54) is 0 Å². The lowest BCUT2D eigenvalue weighted by molar-refractivity contribution is 0.0938. The molecule has 1 amide bonds. The average molecular weight is 329 g/mol. The molecule has 1 aromatic carbocycles. The van der Waals surface area contributed by atoms with Crippen molar-refractivity contribution in [1.29, 1.82) is 0 Å². The number of nitrogens with one attached hydrogen (secondary N) is 1. The molecule has 0 radical (unpaired) electrons. The number of carbonyl (C=O) groups excluding carboxylic acids is 1. The van der Waals surface area contributed by atoms with Gasteiger partial charge in [-0.15, -0.1) is 0 Å². The molecule has 2 heterocycles. The first-order chi connectivity index (χ1) is 11.5. The monoisotopic (exact) mass is 329 g/mol. The van der Waals surface area contributed by atoms with Gasteiger partial charge in [0.2, 0.25) is 0 Å². The van der Waals surface area contributed by atoms with Crippen molar-refractivity contribution in [2.24, 2.45) is 7.05 Å². The molecule has 6 heteroatoms. The van der Waals surface area contributed by atoms with E-state index in [1.807, 2.05) is 46.0 Å². The molecule has 1 aliphatic heterocycles. The zero-order valence-electron chi connectivity index (χ0n) is 14.5. The van der Waals surface area contributed by atoms with Gasteiger partial charge in [-0.3, -0.25) is 9.48 Å². The number of carbonyl (C=O) groups is 1. The molecule has 1 atom stereocenters. The fraction of sp³-hybridized carbons (Fsp3) is 0.444. The summed E-state index contributed by atoms with van der Waals surface area (Å²) in [6.07, 6.45) is 0.871. The molecule has 0 bridgehead atoms. The van der Waals surface area contributed by atoms with E-state index >= 15 is 0 Å². The van der Waals surface area contributed by atoms with Gasteiger partial charge >= 0.3 is 0 Å². The highest BCUT2D eigenvalue weighted by Crippen LogP contribution is 2.32. The van der Waals surface area contributed by atoms with E-state index in [2.05, 4.69) is 10.4 Å². The third-order valence-electron chi connectivity index (χ3n) is 4.36. The maximum absolute atomic E-state index is 12.6. The van der Waals surface area contributed by atoms with Gasteiger partial charge in [-0.1, -0.05) is 6.07 Å². The first-order valence-corrected chi connectivity index (χ1v) is 8.18. The Morgan fingerprint density at radius 1 is 1.25 bits per heavy atom. The van der Waals surface area contributed by atoms with Crippen molar-refractivity contribution in [3.8, 4) is 11.5 Å². The second-order valence-corrected chi connectivity index (χ2v) is 6.12. The minimum absolute atomic E-state index is 0.113. The molecular formula is C18H23N3O3. The smallest absolute Gasteiger partial charge is 0.255 e. The summed E-state index contributed by atoms with van der Waals surface area (Å²) in [4.78, 5) is 12.6. The molecule has 128 valence electrons. The van der Waals surface area contributed by atoms with Crippen LogP contribution in [0.1, 0.15) is 46.7 Å². The lowest BCUT2D eigenvalue weighted by atomic mass is 10.1. The molecular weight excluding hydrogens is 306 g/mol. The summed E-state index contributed by atoms with van der Waals surface area (Å²) in [6.45, 7) is 7.01.